The van der Waals surface area contributed by atoms with E-state index < -0.39 is 17.8 Å². The lowest BCUT2D eigenvalue weighted by Gasteiger charge is -2.41. The lowest BCUT2D eigenvalue weighted by Crippen LogP contribution is -2.57. The van der Waals surface area contributed by atoms with Gasteiger partial charge >= 0.3 is 0 Å². The minimum atomic E-state index is -0.599. The van der Waals surface area contributed by atoms with Gasteiger partial charge in [-0.1, -0.05) is 55.7 Å². The number of piperidine rings is 2. The Morgan fingerprint density at radius 2 is 1.42 bits per heavy atom. The van der Waals surface area contributed by atoms with Gasteiger partial charge in [0.1, 0.15) is 11.9 Å². The van der Waals surface area contributed by atoms with Gasteiger partial charge in [0, 0.05) is 76.3 Å². The van der Waals surface area contributed by atoms with Crippen molar-refractivity contribution in [1.82, 2.24) is 45.3 Å². The first kappa shape index (κ1) is 46.6. The second kappa shape index (κ2) is 21.6. The number of fused-ring (bicyclic) bond motifs is 1. The highest BCUT2D eigenvalue weighted by molar-refractivity contribution is 5.98. The minimum absolute atomic E-state index is 0.0156. The molecule has 4 saturated heterocycles. The quantitative estimate of drug-likeness (QED) is 0.185. The van der Waals surface area contributed by atoms with Crippen molar-refractivity contribution in [3.8, 4) is 0 Å². The zero-order chi connectivity index (χ0) is 46.3. The molecule has 0 unspecified atom stereocenters. The van der Waals surface area contributed by atoms with E-state index in [-0.39, 0.29) is 34.8 Å². The number of nitrogens with one attached hydrogen (secondary N) is 3. The summed E-state index contributed by atoms with van der Waals surface area (Å²) in [5.74, 6) is 0.0862. The highest BCUT2D eigenvalue weighted by Gasteiger charge is 2.36. The minimum Gasteiger partial charge on any atom is -0.340 e. The van der Waals surface area contributed by atoms with Gasteiger partial charge in [-0.2, -0.15) is 5.10 Å². The Morgan fingerprint density at radius 3 is 2.16 bits per heavy atom. The predicted octanol–water partition coefficient (Wildman–Crippen LogP) is 4.64. The largest absolute Gasteiger partial charge is 0.340 e. The number of carbonyl (C=O) groups is 4. The molecule has 4 amide bonds. The molecule has 15 heteroatoms. The van der Waals surface area contributed by atoms with E-state index in [0.717, 1.165) is 97.2 Å². The highest BCUT2D eigenvalue weighted by atomic mass is 19.1. The molecule has 1 aromatic heterocycles. The lowest BCUT2D eigenvalue weighted by molar-refractivity contribution is -0.137. The number of hydrogen-bond acceptors (Lipinski definition) is 9. The van der Waals surface area contributed by atoms with Crippen molar-refractivity contribution in [3.05, 3.63) is 111 Å². The third-order valence-electron chi connectivity index (χ3n) is 15.2. The zero-order valence-corrected chi connectivity index (χ0v) is 38.7. The van der Waals surface area contributed by atoms with E-state index in [1.54, 1.807) is 29.2 Å². The number of aromatic amines is 1. The molecule has 1 atom stereocenters. The van der Waals surface area contributed by atoms with Crippen molar-refractivity contribution in [2.45, 2.75) is 76.2 Å². The molecule has 0 radical (unpaired) electrons. The maximum Gasteiger partial charge on any atom is 0.272 e. The second-order valence-electron chi connectivity index (χ2n) is 19.6. The average Bonchev–Trinajstić information content (AvgIpc) is 3.38. The van der Waals surface area contributed by atoms with Crippen LogP contribution in [-0.4, -0.2) is 156 Å². The molecule has 0 bridgehead atoms. The van der Waals surface area contributed by atoms with Gasteiger partial charge in [-0.3, -0.25) is 33.8 Å². The molecular weight excluding hydrogens is 850 g/mol. The van der Waals surface area contributed by atoms with Crippen LogP contribution in [0.5, 0.6) is 0 Å². The molecule has 5 aliphatic rings. The number of carbonyl (C=O) groups excluding carboxylic acids is 4. The molecule has 67 heavy (non-hydrogen) atoms. The van der Waals surface area contributed by atoms with Crippen LogP contribution in [-0.2, 0) is 16.0 Å². The summed E-state index contributed by atoms with van der Waals surface area (Å²) >= 11 is 0. The average molecular weight is 916 g/mol. The van der Waals surface area contributed by atoms with Crippen LogP contribution in [0.3, 0.4) is 0 Å². The Kier molecular flexibility index (Phi) is 15.0. The Bertz CT molecular complexity index is 2450. The molecule has 3 aromatic carbocycles. The number of hydrogen-bond donors (Lipinski definition) is 3. The van der Waals surface area contributed by atoms with E-state index in [1.807, 2.05) is 40.1 Å². The summed E-state index contributed by atoms with van der Waals surface area (Å²) in [4.78, 5) is 77.4. The molecule has 14 nitrogen and oxygen atoms in total. The number of H-pyrrole nitrogens is 1. The smallest absolute Gasteiger partial charge is 0.272 e. The standard InChI is InChI=1S/C52H66FN9O5/c53-45-14-13-37(32-46-42-11-4-5-12-43(42)50(65)57-56-46)31-44(45)51(66)61-29-27-60(28-30-61)47(63)35-58-21-17-36(18-22-58)34-59-23-25-62(26-24-59)52(67)48(39-7-2-1-3-8-39)55-49(64)41-10-6-9-40(33-41)38-15-19-54-20-16-38/h4-6,9-14,31,33,36,38-39,48,54H,1-3,7-8,15-30,32,34-35H2,(H,55,64)(H,57,65)/t48-/m1/s1. The number of likely N-dealkylation sites (tertiary alicyclic amines) is 1. The first-order valence-electron chi connectivity index (χ1n) is 24.8. The molecular formula is C52H66FN9O5. The monoisotopic (exact) mass is 916 g/mol. The van der Waals surface area contributed by atoms with E-state index in [4.69, 9.17) is 0 Å². The van der Waals surface area contributed by atoms with Crippen LogP contribution in [0, 0.1) is 17.7 Å². The van der Waals surface area contributed by atoms with Crippen LogP contribution in [0.25, 0.3) is 10.8 Å². The van der Waals surface area contributed by atoms with Gasteiger partial charge in [-0.25, -0.2) is 9.49 Å². The Balaban J connectivity index is 0.705. The molecule has 3 N–H and O–H groups in total. The molecule has 1 saturated carbocycles. The molecule has 5 heterocycles. The fourth-order valence-corrected chi connectivity index (χ4v) is 11.2. The van der Waals surface area contributed by atoms with Gasteiger partial charge < -0.3 is 25.3 Å². The van der Waals surface area contributed by atoms with E-state index in [0.29, 0.717) is 91.7 Å². The molecule has 1 aliphatic carbocycles. The van der Waals surface area contributed by atoms with Crippen molar-refractivity contribution >= 4 is 34.4 Å². The molecule has 5 fully saturated rings. The summed E-state index contributed by atoms with van der Waals surface area (Å²) < 4.78 is 15.1. The molecule has 4 aliphatic heterocycles. The maximum atomic E-state index is 15.1. The van der Waals surface area contributed by atoms with Crippen molar-refractivity contribution < 1.29 is 23.6 Å². The van der Waals surface area contributed by atoms with Gasteiger partial charge in [0.2, 0.25) is 11.8 Å². The summed E-state index contributed by atoms with van der Waals surface area (Å²) in [5.41, 5.74) is 2.89. The van der Waals surface area contributed by atoms with E-state index in [9.17, 15) is 24.0 Å². The van der Waals surface area contributed by atoms with Crippen LogP contribution in [0.1, 0.15) is 101 Å². The Morgan fingerprint density at radius 1 is 0.716 bits per heavy atom. The first-order valence-corrected chi connectivity index (χ1v) is 24.8. The van der Waals surface area contributed by atoms with Crippen LogP contribution in [0.4, 0.5) is 4.39 Å². The number of nitrogens with zero attached hydrogens (tertiary/aromatic N) is 6. The number of aromatic nitrogens is 2. The highest BCUT2D eigenvalue weighted by Crippen LogP contribution is 2.30. The molecule has 0 spiro atoms. The summed E-state index contributed by atoms with van der Waals surface area (Å²) in [6, 6.07) is 19.2. The molecule has 9 rings (SSSR count). The van der Waals surface area contributed by atoms with Crippen LogP contribution in [0.2, 0.25) is 0 Å². The zero-order valence-electron chi connectivity index (χ0n) is 38.7. The number of amides is 4. The predicted molar refractivity (Wildman–Crippen MR) is 255 cm³/mol. The normalized spacial score (nSPS) is 20.2. The Hall–Kier alpha value is -5.51. The summed E-state index contributed by atoms with van der Waals surface area (Å²) in [5, 5.41) is 14.7. The number of piperazine rings is 2. The number of halogens is 1. The molecule has 356 valence electrons. The van der Waals surface area contributed by atoms with Crippen molar-refractivity contribution in [2.75, 3.05) is 91.6 Å². The molecule has 4 aromatic rings. The van der Waals surface area contributed by atoms with Gasteiger partial charge in [-0.15, -0.1) is 0 Å². The lowest BCUT2D eigenvalue weighted by atomic mass is 9.83. The number of rotatable bonds is 12. The topological polar surface area (TPSA) is 154 Å². The van der Waals surface area contributed by atoms with Crippen molar-refractivity contribution in [2.24, 2.45) is 11.8 Å². The van der Waals surface area contributed by atoms with E-state index in [2.05, 4.69) is 36.7 Å². The third-order valence-corrected chi connectivity index (χ3v) is 15.2. The van der Waals surface area contributed by atoms with Crippen molar-refractivity contribution in [3.63, 3.8) is 0 Å². The van der Waals surface area contributed by atoms with E-state index in [1.165, 1.54) is 18.1 Å². The van der Waals surface area contributed by atoms with Gasteiger partial charge in [0.15, 0.2) is 0 Å². The second-order valence-corrected chi connectivity index (χ2v) is 19.6. The fraction of sp³-hybridized carbons (Fsp3) is 0.538. The maximum absolute atomic E-state index is 15.1. The van der Waals surface area contributed by atoms with Crippen molar-refractivity contribution in [1.29, 1.82) is 0 Å². The van der Waals surface area contributed by atoms with Crippen LogP contribution < -0.4 is 16.2 Å². The van der Waals surface area contributed by atoms with Crippen LogP contribution >= 0.6 is 0 Å². The van der Waals surface area contributed by atoms with Gasteiger partial charge in [0.25, 0.3) is 17.4 Å². The first-order chi connectivity index (χ1) is 32.7. The van der Waals surface area contributed by atoms with E-state index >= 15 is 4.39 Å². The van der Waals surface area contributed by atoms with Crippen LogP contribution in [0.15, 0.2) is 71.5 Å². The van der Waals surface area contributed by atoms with Gasteiger partial charge in [0.05, 0.1) is 23.2 Å². The summed E-state index contributed by atoms with van der Waals surface area (Å²) in [6.07, 6.45) is 9.75. The Labute approximate surface area is 392 Å². The third kappa shape index (κ3) is 11.3. The number of benzene rings is 3. The summed E-state index contributed by atoms with van der Waals surface area (Å²) in [6.45, 7) is 9.36. The fourth-order valence-electron chi connectivity index (χ4n) is 11.2. The SMILES string of the molecule is O=C(N[C@@H](C(=O)N1CCN(CC2CCN(CC(=O)N3CCN(C(=O)c4cc(Cc5n[nH]c(=O)c6ccccc56)ccc4F)CC3)CC2)CC1)C1CCCCC1)c1cccc(C2CCNCC2)c1. The summed E-state index contributed by atoms with van der Waals surface area (Å²) in [7, 11) is 0. The van der Waals surface area contributed by atoms with Gasteiger partial charge in [-0.05, 0) is 124 Å².